The van der Waals surface area contributed by atoms with Gasteiger partial charge in [0.15, 0.2) is 0 Å². The molecule has 0 bridgehead atoms. The maximum Gasteiger partial charge on any atom is 0.236 e. The van der Waals surface area contributed by atoms with Crippen LogP contribution >= 0.6 is 0 Å². The van der Waals surface area contributed by atoms with E-state index in [1.165, 1.54) is 0 Å². The van der Waals surface area contributed by atoms with Crippen LogP contribution in [0.25, 0.3) is 0 Å². The normalized spacial score (nSPS) is 12.3. The molecule has 18 heavy (non-hydrogen) atoms. The number of hydrogen-bond donors (Lipinski definition) is 2. The van der Waals surface area contributed by atoms with Gasteiger partial charge in [0.1, 0.15) is 5.75 Å². The van der Waals surface area contributed by atoms with Crippen molar-refractivity contribution in [1.29, 1.82) is 0 Å². The highest BCUT2D eigenvalue weighted by molar-refractivity contribution is 5.80. The number of amides is 1. The average Bonchev–Trinajstić information content (AvgIpc) is 2.33. The van der Waals surface area contributed by atoms with Gasteiger partial charge in [0.25, 0.3) is 0 Å². The van der Waals surface area contributed by atoms with Crippen molar-refractivity contribution in [3.63, 3.8) is 0 Å². The quantitative estimate of drug-likeness (QED) is 0.807. The molecule has 1 aromatic carbocycles. The van der Waals surface area contributed by atoms with Crippen LogP contribution in [0.2, 0.25) is 0 Å². The van der Waals surface area contributed by atoms with E-state index in [1.54, 1.807) is 6.92 Å². The third-order valence-corrected chi connectivity index (χ3v) is 2.36. The van der Waals surface area contributed by atoms with Crippen LogP contribution in [0.5, 0.6) is 5.75 Å². The van der Waals surface area contributed by atoms with Crippen LogP contribution in [-0.4, -0.2) is 18.6 Å². The summed E-state index contributed by atoms with van der Waals surface area (Å²) in [5.74, 6) is 1.17. The maximum absolute atomic E-state index is 11.3. The number of carbonyl (C=O) groups is 1. The first-order chi connectivity index (χ1) is 8.49. The van der Waals surface area contributed by atoms with Crippen LogP contribution < -0.4 is 15.8 Å². The lowest BCUT2D eigenvalue weighted by molar-refractivity contribution is -0.122. The minimum absolute atomic E-state index is 0.150. The predicted molar refractivity (Wildman–Crippen MR) is 72.3 cm³/mol. The van der Waals surface area contributed by atoms with E-state index in [0.29, 0.717) is 19.1 Å². The van der Waals surface area contributed by atoms with Crippen molar-refractivity contribution in [2.45, 2.75) is 33.4 Å². The number of ether oxygens (including phenoxy) is 1. The lowest BCUT2D eigenvalue weighted by Crippen LogP contribution is -2.37. The second kappa shape index (κ2) is 7.01. The summed E-state index contributed by atoms with van der Waals surface area (Å²) in [6.07, 6.45) is 0. The van der Waals surface area contributed by atoms with Gasteiger partial charge in [0.2, 0.25) is 5.91 Å². The maximum atomic E-state index is 11.3. The standard InChI is InChI=1S/C14H22N2O2/c1-10(2)9-18-13-6-4-5-12(7-13)8-16-14(17)11(3)15/h4-7,10-11H,8-9,15H2,1-3H3,(H,16,17)/t11-/m0/s1. The van der Waals surface area contributed by atoms with Gasteiger partial charge in [0.05, 0.1) is 12.6 Å². The van der Waals surface area contributed by atoms with Gasteiger partial charge >= 0.3 is 0 Å². The van der Waals surface area contributed by atoms with E-state index in [-0.39, 0.29) is 5.91 Å². The lowest BCUT2D eigenvalue weighted by Gasteiger charge is -2.11. The summed E-state index contributed by atoms with van der Waals surface area (Å²) in [5.41, 5.74) is 6.48. The van der Waals surface area contributed by atoms with Crippen LogP contribution in [-0.2, 0) is 11.3 Å². The number of nitrogens with two attached hydrogens (primary N) is 1. The fourth-order valence-corrected chi connectivity index (χ4v) is 1.36. The molecule has 0 radical (unpaired) electrons. The summed E-state index contributed by atoms with van der Waals surface area (Å²) in [4.78, 5) is 11.3. The Balaban J connectivity index is 2.51. The zero-order valence-electron chi connectivity index (χ0n) is 11.3. The summed E-state index contributed by atoms with van der Waals surface area (Å²) < 4.78 is 5.62. The summed E-state index contributed by atoms with van der Waals surface area (Å²) in [6.45, 7) is 7.03. The molecule has 1 aromatic rings. The summed E-state index contributed by atoms with van der Waals surface area (Å²) in [6, 6.07) is 7.24. The first-order valence-electron chi connectivity index (χ1n) is 6.24. The highest BCUT2D eigenvalue weighted by atomic mass is 16.5. The molecule has 4 nitrogen and oxygen atoms in total. The van der Waals surface area contributed by atoms with Crippen molar-refractivity contribution < 1.29 is 9.53 Å². The average molecular weight is 250 g/mol. The fourth-order valence-electron chi connectivity index (χ4n) is 1.36. The number of rotatable bonds is 6. The Morgan fingerprint density at radius 2 is 2.11 bits per heavy atom. The fraction of sp³-hybridized carbons (Fsp3) is 0.500. The van der Waals surface area contributed by atoms with Gasteiger partial charge in [-0.25, -0.2) is 0 Å². The van der Waals surface area contributed by atoms with Gasteiger partial charge in [-0.3, -0.25) is 4.79 Å². The number of carbonyl (C=O) groups excluding carboxylic acids is 1. The van der Waals surface area contributed by atoms with E-state index in [9.17, 15) is 4.79 Å². The van der Waals surface area contributed by atoms with E-state index in [4.69, 9.17) is 10.5 Å². The molecular weight excluding hydrogens is 228 g/mol. The zero-order chi connectivity index (χ0) is 13.5. The third-order valence-electron chi connectivity index (χ3n) is 2.36. The molecule has 0 saturated heterocycles. The molecule has 1 amide bonds. The topological polar surface area (TPSA) is 64.3 Å². The van der Waals surface area contributed by atoms with Gasteiger partial charge < -0.3 is 15.8 Å². The second-order valence-corrected chi connectivity index (χ2v) is 4.86. The molecule has 0 fully saturated rings. The first-order valence-corrected chi connectivity index (χ1v) is 6.24. The molecule has 0 aliphatic rings. The van der Waals surface area contributed by atoms with Crippen LogP contribution in [0.15, 0.2) is 24.3 Å². The van der Waals surface area contributed by atoms with Crippen LogP contribution in [0.4, 0.5) is 0 Å². The highest BCUT2D eigenvalue weighted by Crippen LogP contribution is 2.14. The Hall–Kier alpha value is -1.55. The van der Waals surface area contributed by atoms with Crippen molar-refractivity contribution in [2.75, 3.05) is 6.61 Å². The molecule has 0 unspecified atom stereocenters. The zero-order valence-corrected chi connectivity index (χ0v) is 11.3. The van der Waals surface area contributed by atoms with Crippen molar-refractivity contribution >= 4 is 5.91 Å². The number of hydrogen-bond acceptors (Lipinski definition) is 3. The van der Waals surface area contributed by atoms with Gasteiger partial charge in [-0.2, -0.15) is 0 Å². The van der Waals surface area contributed by atoms with E-state index >= 15 is 0 Å². The number of nitrogens with one attached hydrogen (secondary N) is 1. The van der Waals surface area contributed by atoms with Crippen LogP contribution in [0.1, 0.15) is 26.3 Å². The molecule has 1 rings (SSSR count). The van der Waals surface area contributed by atoms with Gasteiger partial charge in [0, 0.05) is 6.54 Å². The Bertz CT molecular complexity index is 389. The van der Waals surface area contributed by atoms with Gasteiger partial charge in [-0.15, -0.1) is 0 Å². The molecule has 0 aliphatic heterocycles. The van der Waals surface area contributed by atoms with Crippen molar-refractivity contribution in [3.05, 3.63) is 29.8 Å². The Labute approximate surface area is 109 Å². The molecule has 0 heterocycles. The molecule has 4 heteroatoms. The molecule has 0 saturated carbocycles. The van der Waals surface area contributed by atoms with E-state index in [1.807, 2.05) is 24.3 Å². The van der Waals surface area contributed by atoms with Gasteiger partial charge in [-0.1, -0.05) is 26.0 Å². The summed E-state index contributed by atoms with van der Waals surface area (Å²) in [5, 5.41) is 2.77. The minimum atomic E-state index is -0.481. The van der Waals surface area contributed by atoms with Gasteiger partial charge in [-0.05, 0) is 30.5 Å². The minimum Gasteiger partial charge on any atom is -0.493 e. The smallest absolute Gasteiger partial charge is 0.236 e. The van der Waals surface area contributed by atoms with Crippen LogP contribution in [0.3, 0.4) is 0 Å². The predicted octanol–water partition coefficient (Wildman–Crippen LogP) is 1.68. The monoisotopic (exact) mass is 250 g/mol. The van der Waals surface area contributed by atoms with Crippen molar-refractivity contribution in [3.8, 4) is 5.75 Å². The van der Waals surface area contributed by atoms with E-state index in [2.05, 4.69) is 19.2 Å². The Kier molecular flexibility index (Phi) is 5.65. The largest absolute Gasteiger partial charge is 0.493 e. The van der Waals surface area contributed by atoms with Crippen molar-refractivity contribution in [2.24, 2.45) is 11.7 Å². The van der Waals surface area contributed by atoms with Crippen molar-refractivity contribution in [1.82, 2.24) is 5.32 Å². The Morgan fingerprint density at radius 1 is 1.39 bits per heavy atom. The highest BCUT2D eigenvalue weighted by Gasteiger charge is 2.06. The number of benzene rings is 1. The van der Waals surface area contributed by atoms with E-state index < -0.39 is 6.04 Å². The molecule has 0 aromatic heterocycles. The third kappa shape index (κ3) is 5.19. The van der Waals surface area contributed by atoms with E-state index in [0.717, 1.165) is 11.3 Å². The molecular formula is C14H22N2O2. The molecule has 0 aliphatic carbocycles. The second-order valence-electron chi connectivity index (χ2n) is 4.86. The molecule has 1 atom stereocenters. The molecule has 100 valence electrons. The lowest BCUT2D eigenvalue weighted by atomic mass is 10.2. The summed E-state index contributed by atoms with van der Waals surface area (Å²) >= 11 is 0. The summed E-state index contributed by atoms with van der Waals surface area (Å²) in [7, 11) is 0. The SMILES string of the molecule is CC(C)COc1cccc(CNC(=O)[C@H](C)N)c1. The van der Waals surface area contributed by atoms with Crippen LogP contribution in [0, 0.1) is 5.92 Å². The molecule has 3 N–H and O–H groups in total. The Morgan fingerprint density at radius 3 is 2.72 bits per heavy atom. The molecule has 0 spiro atoms. The first kappa shape index (κ1) is 14.5.